The van der Waals surface area contributed by atoms with Crippen LogP contribution in [0.4, 0.5) is 24.5 Å². The molecule has 0 fully saturated rings. The minimum absolute atomic E-state index is 0.138. The topological polar surface area (TPSA) is 94.2 Å². The summed E-state index contributed by atoms with van der Waals surface area (Å²) in [5.41, 5.74) is -2.32. The van der Waals surface area contributed by atoms with Crippen LogP contribution in [0.5, 0.6) is 0 Å². The zero-order valence-corrected chi connectivity index (χ0v) is 12.8. The van der Waals surface area contributed by atoms with E-state index in [0.717, 1.165) is 18.3 Å². The van der Waals surface area contributed by atoms with Gasteiger partial charge in [0.25, 0.3) is 11.2 Å². The van der Waals surface area contributed by atoms with Crippen molar-refractivity contribution in [2.75, 3.05) is 5.32 Å². The van der Waals surface area contributed by atoms with E-state index < -0.39 is 34.7 Å². The van der Waals surface area contributed by atoms with Gasteiger partial charge >= 0.3 is 6.18 Å². The van der Waals surface area contributed by atoms with Crippen LogP contribution in [0, 0.1) is 17.0 Å². The third kappa shape index (κ3) is 4.22. The van der Waals surface area contributed by atoms with Gasteiger partial charge in [0.05, 0.1) is 10.6 Å². The Morgan fingerprint density at radius 1 is 1.32 bits per heavy atom. The molecule has 1 N–H and O–H groups in total. The van der Waals surface area contributed by atoms with Gasteiger partial charge in [-0.3, -0.25) is 19.7 Å². The van der Waals surface area contributed by atoms with Crippen LogP contribution in [0.2, 0.25) is 0 Å². The molecule has 0 bridgehead atoms. The van der Waals surface area contributed by atoms with Crippen molar-refractivity contribution >= 4 is 17.3 Å². The number of carbonyl (C=O) groups excluding carboxylic acids is 1. The number of amides is 1. The molecule has 132 valence electrons. The number of nitro groups is 1. The fourth-order valence-electron chi connectivity index (χ4n) is 2.08. The molecular weight excluding hydrogens is 343 g/mol. The number of nitrogens with zero attached hydrogens (tertiary/aromatic N) is 2. The number of halogens is 3. The minimum Gasteiger partial charge on any atom is -0.324 e. The van der Waals surface area contributed by atoms with Crippen molar-refractivity contribution in [1.29, 1.82) is 0 Å². The first-order chi connectivity index (χ1) is 11.6. The van der Waals surface area contributed by atoms with Crippen molar-refractivity contribution in [3.8, 4) is 0 Å². The lowest BCUT2D eigenvalue weighted by Crippen LogP contribution is -2.32. The molecule has 10 heteroatoms. The van der Waals surface area contributed by atoms with Crippen molar-refractivity contribution in [2.45, 2.75) is 19.6 Å². The lowest BCUT2D eigenvalue weighted by Gasteiger charge is -2.11. The van der Waals surface area contributed by atoms with Crippen LogP contribution >= 0.6 is 0 Å². The molecule has 7 nitrogen and oxygen atoms in total. The van der Waals surface area contributed by atoms with Gasteiger partial charge < -0.3 is 9.88 Å². The average Bonchev–Trinajstić information content (AvgIpc) is 2.50. The fraction of sp³-hybridized carbons (Fsp3) is 0.200. The van der Waals surface area contributed by atoms with Gasteiger partial charge in [-0.1, -0.05) is 6.07 Å². The number of hydrogen-bond donors (Lipinski definition) is 1. The maximum Gasteiger partial charge on any atom is 0.421 e. The number of nitro benzene ring substituents is 1. The number of pyridine rings is 1. The average molecular weight is 355 g/mol. The second kappa shape index (κ2) is 6.75. The minimum atomic E-state index is -4.83. The molecule has 0 saturated heterocycles. The monoisotopic (exact) mass is 355 g/mol. The Bertz CT molecular complexity index is 890. The van der Waals surface area contributed by atoms with E-state index in [2.05, 4.69) is 5.32 Å². The summed E-state index contributed by atoms with van der Waals surface area (Å²) in [4.78, 5) is 33.9. The van der Waals surface area contributed by atoms with Gasteiger partial charge in [0.2, 0.25) is 5.91 Å². The quantitative estimate of drug-likeness (QED) is 0.674. The predicted molar refractivity (Wildman–Crippen MR) is 82.2 cm³/mol. The number of benzene rings is 1. The van der Waals surface area contributed by atoms with Crippen LogP contribution < -0.4 is 10.9 Å². The highest BCUT2D eigenvalue weighted by molar-refractivity contribution is 5.91. The van der Waals surface area contributed by atoms with Crippen molar-refractivity contribution in [1.82, 2.24) is 4.57 Å². The number of carbonyl (C=O) groups is 1. The maximum absolute atomic E-state index is 12.7. The molecule has 0 aliphatic rings. The summed E-state index contributed by atoms with van der Waals surface area (Å²) in [6.45, 7) is 0.931. The van der Waals surface area contributed by atoms with Gasteiger partial charge in [0, 0.05) is 18.3 Å². The van der Waals surface area contributed by atoms with Crippen molar-refractivity contribution < 1.29 is 22.9 Å². The van der Waals surface area contributed by atoms with Gasteiger partial charge in [-0.2, -0.15) is 13.2 Å². The van der Waals surface area contributed by atoms with E-state index in [9.17, 15) is 32.9 Å². The van der Waals surface area contributed by atoms with Crippen LogP contribution in [-0.2, 0) is 17.5 Å². The van der Waals surface area contributed by atoms with Crippen molar-refractivity contribution in [3.05, 3.63) is 68.1 Å². The van der Waals surface area contributed by atoms with E-state index in [0.29, 0.717) is 16.2 Å². The molecule has 0 aliphatic carbocycles. The Labute approximate surface area is 138 Å². The number of nitrogens with one attached hydrogen (secondary N) is 1. The van der Waals surface area contributed by atoms with Crippen LogP contribution in [0.1, 0.15) is 11.1 Å². The lowest BCUT2D eigenvalue weighted by atomic mass is 10.2. The molecule has 0 saturated carbocycles. The largest absolute Gasteiger partial charge is 0.421 e. The summed E-state index contributed by atoms with van der Waals surface area (Å²) in [5.74, 6) is -0.787. The Morgan fingerprint density at radius 2 is 2.00 bits per heavy atom. The Kier molecular flexibility index (Phi) is 4.91. The van der Waals surface area contributed by atoms with Gasteiger partial charge in [-0.25, -0.2) is 0 Å². The first kappa shape index (κ1) is 18.2. The predicted octanol–water partition coefficient (Wildman–Crippen LogP) is 2.72. The molecule has 25 heavy (non-hydrogen) atoms. The van der Waals surface area contributed by atoms with Crippen molar-refractivity contribution in [2.24, 2.45) is 0 Å². The smallest absolute Gasteiger partial charge is 0.324 e. The third-order valence-corrected chi connectivity index (χ3v) is 3.35. The normalized spacial score (nSPS) is 11.2. The standard InChI is InChI=1S/C15H12F3N3O4/c1-9-4-5-10(21(24)25)7-12(9)19-13(22)8-20-6-2-3-11(14(20)23)15(16,17)18/h2-7H,8H2,1H3,(H,19,22). The number of hydrogen-bond acceptors (Lipinski definition) is 4. The molecule has 0 aliphatic heterocycles. The zero-order chi connectivity index (χ0) is 18.8. The zero-order valence-electron chi connectivity index (χ0n) is 12.8. The number of non-ortho nitro benzene ring substituents is 1. The molecule has 2 rings (SSSR count). The molecule has 0 spiro atoms. The third-order valence-electron chi connectivity index (χ3n) is 3.35. The number of alkyl halides is 3. The van der Waals surface area contributed by atoms with E-state index in [4.69, 9.17) is 0 Å². The van der Waals surface area contributed by atoms with E-state index in [1.165, 1.54) is 12.1 Å². The first-order valence-electron chi connectivity index (χ1n) is 6.91. The SMILES string of the molecule is Cc1ccc([N+](=O)[O-])cc1NC(=O)Cn1cccc(C(F)(F)F)c1=O. The van der Waals surface area contributed by atoms with E-state index in [-0.39, 0.29) is 11.4 Å². The molecule has 1 aromatic carbocycles. The van der Waals surface area contributed by atoms with Crippen molar-refractivity contribution in [3.63, 3.8) is 0 Å². The Hall–Kier alpha value is -3.17. The van der Waals surface area contributed by atoms with Gasteiger partial charge in [-0.15, -0.1) is 0 Å². The number of aryl methyl sites for hydroxylation is 1. The summed E-state index contributed by atoms with van der Waals surface area (Å²) in [6, 6.07) is 5.44. The van der Waals surface area contributed by atoms with Crippen LogP contribution in [0.15, 0.2) is 41.3 Å². The summed E-state index contributed by atoms with van der Waals surface area (Å²) in [6.07, 6.45) is -3.77. The molecule has 1 aromatic heterocycles. The molecule has 1 amide bonds. The second-order valence-electron chi connectivity index (χ2n) is 5.16. The van der Waals surface area contributed by atoms with Crippen LogP contribution in [0.3, 0.4) is 0 Å². The van der Waals surface area contributed by atoms with Crippen LogP contribution in [-0.4, -0.2) is 15.4 Å². The van der Waals surface area contributed by atoms with Gasteiger partial charge in [-0.05, 0) is 24.6 Å². The number of anilines is 1. The summed E-state index contributed by atoms with van der Waals surface area (Å²) in [7, 11) is 0. The summed E-state index contributed by atoms with van der Waals surface area (Å²) < 4.78 is 38.7. The molecule has 0 unspecified atom stereocenters. The van der Waals surface area contributed by atoms with E-state index in [1.54, 1.807) is 6.92 Å². The lowest BCUT2D eigenvalue weighted by molar-refractivity contribution is -0.384. The molecular formula is C15H12F3N3O4. The molecule has 0 radical (unpaired) electrons. The first-order valence-corrected chi connectivity index (χ1v) is 6.91. The highest BCUT2D eigenvalue weighted by atomic mass is 19.4. The van der Waals surface area contributed by atoms with Gasteiger partial charge in [0.1, 0.15) is 12.1 Å². The maximum atomic E-state index is 12.7. The molecule has 0 atom stereocenters. The van der Waals surface area contributed by atoms with Crippen LogP contribution in [0.25, 0.3) is 0 Å². The highest BCUT2D eigenvalue weighted by Crippen LogP contribution is 2.26. The Morgan fingerprint density at radius 3 is 2.60 bits per heavy atom. The number of rotatable bonds is 4. The van der Waals surface area contributed by atoms with E-state index >= 15 is 0 Å². The van der Waals surface area contributed by atoms with E-state index in [1.807, 2.05) is 0 Å². The fourth-order valence-corrected chi connectivity index (χ4v) is 2.08. The summed E-state index contributed by atoms with van der Waals surface area (Å²) >= 11 is 0. The summed E-state index contributed by atoms with van der Waals surface area (Å²) in [5, 5.41) is 13.1. The molecule has 1 heterocycles. The number of aromatic nitrogens is 1. The highest BCUT2D eigenvalue weighted by Gasteiger charge is 2.34. The van der Waals surface area contributed by atoms with Gasteiger partial charge in [0.15, 0.2) is 0 Å². The second-order valence-corrected chi connectivity index (χ2v) is 5.16. The Balaban J connectivity index is 2.23. The molecule has 2 aromatic rings.